The molecule has 3 nitrogen and oxygen atoms in total. The minimum atomic E-state index is 0.0376. The van der Waals surface area contributed by atoms with Crippen molar-refractivity contribution in [3.63, 3.8) is 0 Å². The highest BCUT2D eigenvalue weighted by atomic mass is 35.5. The quantitative estimate of drug-likeness (QED) is 0.869. The molecule has 1 aromatic rings. The minimum absolute atomic E-state index is 0.0376. The zero-order chi connectivity index (χ0) is 12.3. The van der Waals surface area contributed by atoms with Crippen LogP contribution in [0, 0.1) is 5.92 Å². The number of halogens is 2. The number of nitrogens with one attached hydrogen (secondary N) is 2. The van der Waals surface area contributed by atoms with Crippen molar-refractivity contribution in [2.24, 2.45) is 5.92 Å². The van der Waals surface area contributed by atoms with E-state index >= 15 is 0 Å². The Balaban J connectivity index is 1.99. The van der Waals surface area contributed by atoms with Crippen molar-refractivity contribution >= 4 is 34.8 Å². The van der Waals surface area contributed by atoms with E-state index in [1.54, 1.807) is 18.2 Å². The number of piperidine rings is 1. The lowest BCUT2D eigenvalue weighted by molar-refractivity contribution is -0.120. The third-order valence-electron chi connectivity index (χ3n) is 2.85. The van der Waals surface area contributed by atoms with Crippen LogP contribution in [-0.4, -0.2) is 19.0 Å². The van der Waals surface area contributed by atoms with Crippen molar-refractivity contribution in [2.45, 2.75) is 12.8 Å². The van der Waals surface area contributed by atoms with E-state index in [-0.39, 0.29) is 11.8 Å². The average Bonchev–Trinajstić information content (AvgIpc) is 2.35. The molecule has 92 valence electrons. The first kappa shape index (κ1) is 12.7. The molecule has 2 rings (SSSR count). The van der Waals surface area contributed by atoms with E-state index in [1.807, 2.05) is 0 Å². The molecule has 0 bridgehead atoms. The Morgan fingerprint density at radius 2 is 2.18 bits per heavy atom. The summed E-state index contributed by atoms with van der Waals surface area (Å²) in [7, 11) is 0. The van der Waals surface area contributed by atoms with Gasteiger partial charge in [-0.05, 0) is 37.6 Å². The number of carbonyl (C=O) groups is 1. The lowest BCUT2D eigenvalue weighted by Gasteiger charge is -2.21. The monoisotopic (exact) mass is 272 g/mol. The second-order valence-corrected chi connectivity index (χ2v) is 4.98. The Labute approximate surface area is 110 Å². The topological polar surface area (TPSA) is 41.1 Å². The third kappa shape index (κ3) is 3.35. The number of carbonyl (C=O) groups excluding carboxylic acids is 1. The average molecular weight is 273 g/mol. The number of amides is 1. The number of hydrogen-bond acceptors (Lipinski definition) is 2. The highest BCUT2D eigenvalue weighted by Gasteiger charge is 2.20. The predicted molar refractivity (Wildman–Crippen MR) is 70.7 cm³/mol. The Hall–Kier alpha value is -0.770. The van der Waals surface area contributed by atoms with Crippen molar-refractivity contribution in [1.29, 1.82) is 0 Å². The van der Waals surface area contributed by atoms with Crippen LogP contribution in [0.2, 0.25) is 10.0 Å². The zero-order valence-corrected chi connectivity index (χ0v) is 10.8. The van der Waals surface area contributed by atoms with E-state index in [2.05, 4.69) is 10.6 Å². The van der Waals surface area contributed by atoms with E-state index in [4.69, 9.17) is 23.2 Å². The molecule has 1 atom stereocenters. The highest BCUT2D eigenvalue weighted by molar-refractivity contribution is 6.42. The van der Waals surface area contributed by atoms with Crippen LogP contribution in [0.4, 0.5) is 5.69 Å². The predicted octanol–water partition coefficient (Wildman–Crippen LogP) is 2.93. The van der Waals surface area contributed by atoms with E-state index in [0.717, 1.165) is 25.9 Å². The van der Waals surface area contributed by atoms with Gasteiger partial charge in [0.25, 0.3) is 0 Å². The van der Waals surface area contributed by atoms with Gasteiger partial charge in [-0.2, -0.15) is 0 Å². The molecule has 0 aliphatic carbocycles. The first-order valence-electron chi connectivity index (χ1n) is 5.63. The van der Waals surface area contributed by atoms with E-state index in [0.29, 0.717) is 15.7 Å². The van der Waals surface area contributed by atoms with Gasteiger partial charge in [-0.3, -0.25) is 4.79 Å². The molecule has 2 N–H and O–H groups in total. The van der Waals surface area contributed by atoms with Crippen LogP contribution in [0.15, 0.2) is 18.2 Å². The zero-order valence-electron chi connectivity index (χ0n) is 9.30. The van der Waals surface area contributed by atoms with E-state index in [9.17, 15) is 4.79 Å². The van der Waals surface area contributed by atoms with Crippen molar-refractivity contribution in [3.8, 4) is 0 Å². The first-order chi connectivity index (χ1) is 8.16. The van der Waals surface area contributed by atoms with Crippen LogP contribution < -0.4 is 10.6 Å². The summed E-state index contributed by atoms with van der Waals surface area (Å²) in [6, 6.07) is 5.10. The molecular formula is C12H14Cl2N2O. The molecule has 1 amide bonds. The standard InChI is InChI=1S/C12H14Cl2N2O/c13-10-4-3-9(6-11(10)14)16-12(17)8-2-1-5-15-7-8/h3-4,6,8,15H,1-2,5,7H2,(H,16,17)/t8-/m0/s1. The maximum atomic E-state index is 11.9. The van der Waals surface area contributed by atoms with Crippen molar-refractivity contribution in [3.05, 3.63) is 28.2 Å². The fraction of sp³-hybridized carbons (Fsp3) is 0.417. The molecule has 5 heteroatoms. The van der Waals surface area contributed by atoms with Gasteiger partial charge >= 0.3 is 0 Å². The van der Waals surface area contributed by atoms with Gasteiger partial charge in [0, 0.05) is 12.2 Å². The Bertz CT molecular complexity index is 417. The Kier molecular flexibility index (Phi) is 4.26. The highest BCUT2D eigenvalue weighted by Crippen LogP contribution is 2.25. The summed E-state index contributed by atoms with van der Waals surface area (Å²) in [5.74, 6) is 0.0776. The second kappa shape index (κ2) is 5.71. The smallest absolute Gasteiger partial charge is 0.228 e. The van der Waals surface area contributed by atoms with Crippen LogP contribution in [0.1, 0.15) is 12.8 Å². The van der Waals surface area contributed by atoms with Crippen molar-refractivity contribution < 1.29 is 4.79 Å². The summed E-state index contributed by atoms with van der Waals surface area (Å²) in [4.78, 5) is 11.9. The van der Waals surface area contributed by atoms with Gasteiger partial charge < -0.3 is 10.6 Å². The Morgan fingerprint density at radius 3 is 2.82 bits per heavy atom. The van der Waals surface area contributed by atoms with Gasteiger partial charge in [0.2, 0.25) is 5.91 Å². The van der Waals surface area contributed by atoms with Gasteiger partial charge in [-0.25, -0.2) is 0 Å². The van der Waals surface area contributed by atoms with E-state index in [1.165, 1.54) is 0 Å². The minimum Gasteiger partial charge on any atom is -0.326 e. The summed E-state index contributed by atoms with van der Waals surface area (Å²) in [5, 5.41) is 7.01. The van der Waals surface area contributed by atoms with Crippen LogP contribution >= 0.6 is 23.2 Å². The van der Waals surface area contributed by atoms with Gasteiger partial charge in [0.1, 0.15) is 0 Å². The molecule has 0 radical (unpaired) electrons. The summed E-state index contributed by atoms with van der Waals surface area (Å²) in [5.41, 5.74) is 0.690. The molecule has 1 fully saturated rings. The largest absolute Gasteiger partial charge is 0.326 e. The van der Waals surface area contributed by atoms with Gasteiger partial charge in [0.15, 0.2) is 0 Å². The molecule has 0 saturated carbocycles. The summed E-state index contributed by atoms with van der Waals surface area (Å²) in [6.07, 6.45) is 1.97. The molecule has 0 unspecified atom stereocenters. The molecular weight excluding hydrogens is 259 g/mol. The third-order valence-corrected chi connectivity index (χ3v) is 3.59. The molecule has 1 heterocycles. The maximum Gasteiger partial charge on any atom is 0.228 e. The summed E-state index contributed by atoms with van der Waals surface area (Å²) >= 11 is 11.7. The summed E-state index contributed by atoms with van der Waals surface area (Å²) < 4.78 is 0. The second-order valence-electron chi connectivity index (χ2n) is 4.16. The van der Waals surface area contributed by atoms with Gasteiger partial charge in [-0.15, -0.1) is 0 Å². The van der Waals surface area contributed by atoms with Gasteiger partial charge in [0.05, 0.1) is 16.0 Å². The number of rotatable bonds is 2. The Morgan fingerprint density at radius 1 is 1.35 bits per heavy atom. The lowest BCUT2D eigenvalue weighted by Crippen LogP contribution is -2.37. The first-order valence-corrected chi connectivity index (χ1v) is 6.39. The molecule has 1 aliphatic heterocycles. The molecule has 1 aliphatic rings. The van der Waals surface area contributed by atoms with Crippen LogP contribution in [0.5, 0.6) is 0 Å². The van der Waals surface area contributed by atoms with Crippen molar-refractivity contribution in [1.82, 2.24) is 5.32 Å². The van der Waals surface area contributed by atoms with E-state index < -0.39 is 0 Å². The SMILES string of the molecule is O=C(Nc1ccc(Cl)c(Cl)c1)[C@H]1CCCNC1. The summed E-state index contributed by atoms with van der Waals surface area (Å²) in [6.45, 7) is 1.74. The molecule has 0 aromatic heterocycles. The van der Waals surface area contributed by atoms with Crippen LogP contribution in [0.25, 0.3) is 0 Å². The number of benzene rings is 1. The number of anilines is 1. The normalized spacial score (nSPS) is 20.0. The molecule has 1 aromatic carbocycles. The van der Waals surface area contributed by atoms with Crippen LogP contribution in [-0.2, 0) is 4.79 Å². The maximum absolute atomic E-state index is 11.9. The fourth-order valence-corrected chi connectivity index (χ4v) is 2.19. The number of hydrogen-bond donors (Lipinski definition) is 2. The lowest BCUT2D eigenvalue weighted by atomic mass is 9.99. The van der Waals surface area contributed by atoms with Gasteiger partial charge in [-0.1, -0.05) is 23.2 Å². The van der Waals surface area contributed by atoms with Crippen LogP contribution in [0.3, 0.4) is 0 Å². The molecule has 1 saturated heterocycles. The fourth-order valence-electron chi connectivity index (χ4n) is 1.89. The molecule has 17 heavy (non-hydrogen) atoms. The van der Waals surface area contributed by atoms with Crippen molar-refractivity contribution in [2.75, 3.05) is 18.4 Å². The molecule has 0 spiro atoms.